The highest BCUT2D eigenvalue weighted by Gasteiger charge is 2.24. The van der Waals surface area contributed by atoms with E-state index in [1.807, 2.05) is 0 Å². The summed E-state index contributed by atoms with van der Waals surface area (Å²) in [6.45, 7) is 1.49. The van der Waals surface area contributed by atoms with Crippen molar-refractivity contribution in [1.82, 2.24) is 0 Å². The van der Waals surface area contributed by atoms with E-state index in [2.05, 4.69) is 20.7 Å². The van der Waals surface area contributed by atoms with Crippen LogP contribution in [0, 0.1) is 0 Å². The lowest BCUT2D eigenvalue weighted by Crippen LogP contribution is -2.26. The molecule has 0 aliphatic heterocycles. The molecule has 0 amide bonds. The predicted molar refractivity (Wildman–Crippen MR) is 90.7 cm³/mol. The summed E-state index contributed by atoms with van der Waals surface area (Å²) in [5.41, 5.74) is 5.15. The summed E-state index contributed by atoms with van der Waals surface area (Å²) in [6.07, 6.45) is 5.58. The van der Waals surface area contributed by atoms with Gasteiger partial charge in [0.25, 0.3) is 6.47 Å². The SMILES string of the molecule is CCCCCCCCC(=O)OC[C@H](COP(=O)(O)OCCN)OC=O. The molecule has 0 saturated heterocycles. The number of carbonyl (C=O) groups is 2. The fourth-order valence-electron chi connectivity index (χ4n) is 1.90. The van der Waals surface area contributed by atoms with E-state index >= 15 is 0 Å². The monoisotopic (exact) mass is 383 g/mol. The number of rotatable bonds is 17. The molecular formula is C15H30NO8P. The first-order valence-corrected chi connectivity index (χ1v) is 10.0. The third kappa shape index (κ3) is 15.0. The summed E-state index contributed by atoms with van der Waals surface area (Å²) in [6, 6.07) is 0. The zero-order valence-electron chi connectivity index (χ0n) is 14.8. The normalized spacial score (nSPS) is 14.5. The quantitative estimate of drug-likeness (QED) is 0.167. The largest absolute Gasteiger partial charge is 0.472 e. The van der Waals surface area contributed by atoms with Gasteiger partial charge in [-0.1, -0.05) is 39.0 Å². The molecule has 0 fully saturated rings. The highest BCUT2D eigenvalue weighted by Crippen LogP contribution is 2.42. The van der Waals surface area contributed by atoms with Crippen molar-refractivity contribution in [3.8, 4) is 0 Å². The standard InChI is InChI=1S/C15H30NO8P/c1-2-3-4-5-6-7-8-15(18)21-11-14(22-13-17)12-24-25(19,20)23-10-9-16/h13-14H,2-12,16H2,1H3,(H,19,20)/t14-/m1/s1. The molecule has 10 heteroatoms. The van der Waals surface area contributed by atoms with Crippen LogP contribution >= 0.6 is 7.82 Å². The Bertz CT molecular complexity index is 407. The van der Waals surface area contributed by atoms with Crippen LogP contribution in [0.4, 0.5) is 0 Å². The molecule has 0 aliphatic rings. The Morgan fingerprint density at radius 3 is 2.48 bits per heavy atom. The molecule has 0 spiro atoms. The van der Waals surface area contributed by atoms with Crippen LogP contribution in [-0.2, 0) is 32.7 Å². The summed E-state index contributed by atoms with van der Waals surface area (Å²) in [4.78, 5) is 31.4. The van der Waals surface area contributed by atoms with E-state index < -0.39 is 26.5 Å². The Labute approximate surface area is 148 Å². The molecule has 0 saturated carbocycles. The van der Waals surface area contributed by atoms with Gasteiger partial charge in [-0.3, -0.25) is 18.6 Å². The van der Waals surface area contributed by atoms with Gasteiger partial charge in [0, 0.05) is 13.0 Å². The van der Waals surface area contributed by atoms with Crippen molar-refractivity contribution in [2.75, 3.05) is 26.4 Å². The molecule has 0 rings (SSSR count). The molecule has 25 heavy (non-hydrogen) atoms. The first kappa shape index (κ1) is 24.0. The summed E-state index contributed by atoms with van der Waals surface area (Å²) < 4.78 is 30.3. The lowest BCUT2D eigenvalue weighted by Gasteiger charge is -2.17. The Morgan fingerprint density at radius 1 is 1.16 bits per heavy atom. The second-order valence-corrected chi connectivity index (χ2v) is 6.89. The van der Waals surface area contributed by atoms with Crippen molar-refractivity contribution in [3.05, 3.63) is 0 Å². The zero-order valence-corrected chi connectivity index (χ0v) is 15.7. The molecule has 0 aromatic heterocycles. The van der Waals surface area contributed by atoms with Gasteiger partial charge < -0.3 is 20.1 Å². The molecule has 0 radical (unpaired) electrons. The van der Waals surface area contributed by atoms with Gasteiger partial charge in [0.15, 0.2) is 6.10 Å². The van der Waals surface area contributed by atoms with Crippen molar-refractivity contribution < 1.29 is 37.6 Å². The van der Waals surface area contributed by atoms with E-state index in [0.717, 1.165) is 25.7 Å². The number of hydrogen-bond donors (Lipinski definition) is 2. The lowest BCUT2D eigenvalue weighted by atomic mass is 10.1. The van der Waals surface area contributed by atoms with E-state index in [4.69, 9.17) is 10.5 Å². The highest BCUT2D eigenvalue weighted by atomic mass is 31.2. The molecule has 3 N–H and O–H groups in total. The number of hydrogen-bond acceptors (Lipinski definition) is 8. The molecule has 9 nitrogen and oxygen atoms in total. The summed E-state index contributed by atoms with van der Waals surface area (Å²) in [5, 5.41) is 0. The fourth-order valence-corrected chi connectivity index (χ4v) is 2.66. The minimum absolute atomic E-state index is 0.0538. The average molecular weight is 383 g/mol. The van der Waals surface area contributed by atoms with Crippen molar-refractivity contribution in [3.63, 3.8) is 0 Å². The second-order valence-electron chi connectivity index (χ2n) is 5.44. The number of carbonyl (C=O) groups excluding carboxylic acids is 2. The first-order valence-electron chi connectivity index (χ1n) is 8.51. The molecule has 0 aromatic rings. The van der Waals surface area contributed by atoms with E-state index in [1.54, 1.807) is 0 Å². The van der Waals surface area contributed by atoms with Crippen LogP contribution in [0.5, 0.6) is 0 Å². The zero-order chi connectivity index (χ0) is 19.0. The van der Waals surface area contributed by atoms with Crippen LogP contribution in [-0.4, -0.2) is 49.8 Å². The van der Waals surface area contributed by atoms with Gasteiger partial charge in [0.1, 0.15) is 6.61 Å². The van der Waals surface area contributed by atoms with Crippen molar-refractivity contribution in [2.45, 2.75) is 58.0 Å². The molecule has 0 bridgehead atoms. The minimum atomic E-state index is -4.28. The van der Waals surface area contributed by atoms with Gasteiger partial charge in [-0.15, -0.1) is 0 Å². The van der Waals surface area contributed by atoms with Crippen LogP contribution in [0.3, 0.4) is 0 Å². The second kappa shape index (κ2) is 15.3. The Balaban J connectivity index is 3.99. The van der Waals surface area contributed by atoms with E-state index in [-0.39, 0.29) is 32.7 Å². The van der Waals surface area contributed by atoms with Crippen molar-refractivity contribution >= 4 is 20.3 Å². The molecule has 0 aromatic carbocycles. The lowest BCUT2D eigenvalue weighted by molar-refractivity contribution is -0.153. The topological polar surface area (TPSA) is 134 Å². The Kier molecular flexibility index (Phi) is 14.7. The summed E-state index contributed by atoms with van der Waals surface area (Å²) in [5.74, 6) is -0.415. The first-order chi connectivity index (χ1) is 11.9. The Morgan fingerprint density at radius 2 is 1.84 bits per heavy atom. The number of phosphoric acid groups is 1. The van der Waals surface area contributed by atoms with Crippen LogP contribution in [0.15, 0.2) is 0 Å². The number of phosphoric ester groups is 1. The minimum Gasteiger partial charge on any atom is -0.462 e. The molecule has 1 unspecified atom stereocenters. The van der Waals surface area contributed by atoms with Crippen molar-refractivity contribution in [1.29, 1.82) is 0 Å². The van der Waals surface area contributed by atoms with Crippen LogP contribution in [0.2, 0.25) is 0 Å². The molecule has 148 valence electrons. The molecular weight excluding hydrogens is 353 g/mol. The van der Waals surface area contributed by atoms with Crippen LogP contribution < -0.4 is 5.73 Å². The number of unbranched alkanes of at least 4 members (excludes halogenated alkanes) is 5. The van der Waals surface area contributed by atoms with E-state index in [1.165, 1.54) is 12.8 Å². The van der Waals surface area contributed by atoms with Gasteiger partial charge >= 0.3 is 13.8 Å². The smallest absolute Gasteiger partial charge is 0.462 e. The Hall–Kier alpha value is -0.990. The maximum absolute atomic E-state index is 11.6. The summed E-state index contributed by atoms with van der Waals surface area (Å²) in [7, 11) is -4.28. The number of nitrogens with two attached hydrogens (primary N) is 1. The fraction of sp³-hybridized carbons (Fsp3) is 0.867. The number of esters is 1. The third-order valence-corrected chi connectivity index (χ3v) is 4.19. The predicted octanol–water partition coefficient (Wildman–Crippen LogP) is 1.91. The molecule has 0 heterocycles. The van der Waals surface area contributed by atoms with Crippen LogP contribution in [0.25, 0.3) is 0 Å². The van der Waals surface area contributed by atoms with Crippen molar-refractivity contribution in [2.24, 2.45) is 5.73 Å². The van der Waals surface area contributed by atoms with Gasteiger partial charge in [-0.2, -0.15) is 0 Å². The third-order valence-electron chi connectivity index (χ3n) is 3.21. The summed E-state index contributed by atoms with van der Waals surface area (Å²) >= 11 is 0. The molecule has 2 atom stereocenters. The van der Waals surface area contributed by atoms with Gasteiger partial charge in [0.05, 0.1) is 13.2 Å². The maximum atomic E-state index is 11.6. The molecule has 0 aliphatic carbocycles. The van der Waals surface area contributed by atoms with Crippen LogP contribution in [0.1, 0.15) is 51.9 Å². The van der Waals surface area contributed by atoms with Gasteiger partial charge in [-0.05, 0) is 6.42 Å². The van der Waals surface area contributed by atoms with E-state index in [9.17, 15) is 19.0 Å². The van der Waals surface area contributed by atoms with Gasteiger partial charge in [-0.25, -0.2) is 4.57 Å². The highest BCUT2D eigenvalue weighted by molar-refractivity contribution is 7.47. The average Bonchev–Trinajstić information content (AvgIpc) is 2.58. The maximum Gasteiger partial charge on any atom is 0.472 e. The van der Waals surface area contributed by atoms with E-state index in [0.29, 0.717) is 0 Å². The number of ether oxygens (including phenoxy) is 2. The van der Waals surface area contributed by atoms with Gasteiger partial charge in [0.2, 0.25) is 0 Å².